The highest BCUT2D eigenvalue weighted by atomic mass is 16.5. The van der Waals surface area contributed by atoms with Crippen molar-refractivity contribution in [2.45, 2.75) is 51.0 Å². The number of hydrogen-bond donors (Lipinski definition) is 1. The number of fused-ring (bicyclic) bond motifs is 3. The molecule has 3 aromatic rings. The van der Waals surface area contributed by atoms with Gasteiger partial charge in [-0.2, -0.15) is 5.10 Å². The fourth-order valence-electron chi connectivity index (χ4n) is 5.32. The maximum atomic E-state index is 13.3. The SMILES string of the molecule is CCOCCn1nc(C(=O)N[C@H]2C[C@H]3COC[C@@H](C2)N3Cc2ccc(OC)cc2)c2ccccc21. The summed E-state index contributed by atoms with van der Waals surface area (Å²) in [6.07, 6.45) is 1.72. The van der Waals surface area contributed by atoms with E-state index in [9.17, 15) is 4.79 Å². The number of carbonyl (C=O) groups excluding carboxylic acids is 1. The molecule has 2 saturated heterocycles. The Morgan fingerprint density at radius 2 is 1.86 bits per heavy atom. The zero-order chi connectivity index (χ0) is 24.2. The quantitative estimate of drug-likeness (QED) is 0.476. The van der Waals surface area contributed by atoms with Gasteiger partial charge in [0.15, 0.2) is 5.69 Å². The molecule has 3 heterocycles. The number of para-hydroxylation sites is 1. The van der Waals surface area contributed by atoms with E-state index in [-0.39, 0.29) is 24.0 Å². The monoisotopic (exact) mass is 478 g/mol. The minimum absolute atomic E-state index is 0.0980. The van der Waals surface area contributed by atoms with E-state index in [1.165, 1.54) is 5.56 Å². The summed E-state index contributed by atoms with van der Waals surface area (Å²) in [7, 11) is 1.68. The average molecular weight is 479 g/mol. The van der Waals surface area contributed by atoms with Crippen LogP contribution in [0.5, 0.6) is 5.75 Å². The number of benzene rings is 2. The molecule has 186 valence electrons. The third-order valence-electron chi connectivity index (χ3n) is 7.06. The Hall–Kier alpha value is -2.94. The van der Waals surface area contributed by atoms with E-state index in [4.69, 9.17) is 14.2 Å². The second kappa shape index (κ2) is 10.8. The van der Waals surface area contributed by atoms with Crippen molar-refractivity contribution in [2.75, 3.05) is 33.5 Å². The molecule has 2 aliphatic heterocycles. The van der Waals surface area contributed by atoms with E-state index < -0.39 is 0 Å². The molecule has 2 aromatic carbocycles. The van der Waals surface area contributed by atoms with Crippen LogP contribution in [0.2, 0.25) is 0 Å². The maximum absolute atomic E-state index is 13.3. The van der Waals surface area contributed by atoms with Gasteiger partial charge in [-0.1, -0.05) is 30.3 Å². The molecule has 1 N–H and O–H groups in total. The number of methoxy groups -OCH3 is 1. The van der Waals surface area contributed by atoms with Gasteiger partial charge in [0.05, 0.1) is 39.0 Å². The van der Waals surface area contributed by atoms with Gasteiger partial charge in [-0.05, 0) is 43.5 Å². The maximum Gasteiger partial charge on any atom is 0.272 e. The lowest BCUT2D eigenvalue weighted by Gasteiger charge is -2.48. The van der Waals surface area contributed by atoms with E-state index in [1.54, 1.807) is 7.11 Å². The lowest BCUT2D eigenvalue weighted by Crippen LogP contribution is -2.60. The molecule has 5 rings (SSSR count). The number of morpholine rings is 1. The van der Waals surface area contributed by atoms with Crippen molar-refractivity contribution >= 4 is 16.8 Å². The number of piperidine rings is 1. The Kier molecular flexibility index (Phi) is 7.32. The molecule has 0 saturated carbocycles. The number of nitrogens with zero attached hydrogens (tertiary/aromatic N) is 3. The number of hydrogen-bond acceptors (Lipinski definition) is 6. The van der Waals surface area contributed by atoms with E-state index in [0.717, 1.165) is 36.0 Å². The van der Waals surface area contributed by atoms with Crippen LogP contribution in [0, 0.1) is 0 Å². The van der Waals surface area contributed by atoms with Gasteiger partial charge in [0, 0.05) is 36.7 Å². The molecule has 1 amide bonds. The molecule has 3 atom stereocenters. The van der Waals surface area contributed by atoms with Crippen LogP contribution in [0.25, 0.3) is 10.9 Å². The Labute approximate surface area is 206 Å². The number of carbonyl (C=O) groups is 1. The summed E-state index contributed by atoms with van der Waals surface area (Å²) in [5.41, 5.74) is 2.70. The third-order valence-corrected chi connectivity index (χ3v) is 7.06. The standard InChI is InChI=1S/C27H34N4O4/c1-3-34-13-12-31-25-7-5-4-6-24(25)26(29-31)27(32)28-20-14-21-17-35-18-22(15-20)30(21)16-19-8-10-23(33-2)11-9-19/h4-11,20-22H,3,12-18H2,1-2H3,(H,28,32)/t20-,21-,22+. The lowest BCUT2D eigenvalue weighted by molar-refractivity contribution is -0.0843. The fraction of sp³-hybridized carbons (Fsp3) is 0.481. The minimum atomic E-state index is -0.107. The van der Waals surface area contributed by atoms with Crippen LogP contribution < -0.4 is 10.1 Å². The Morgan fingerprint density at radius 3 is 2.57 bits per heavy atom. The predicted octanol–water partition coefficient (Wildman–Crippen LogP) is 3.24. The van der Waals surface area contributed by atoms with E-state index >= 15 is 0 Å². The molecule has 2 aliphatic rings. The Bertz CT molecular complexity index is 1130. The summed E-state index contributed by atoms with van der Waals surface area (Å²) in [6, 6.07) is 16.8. The van der Waals surface area contributed by atoms with Crippen molar-refractivity contribution in [1.29, 1.82) is 0 Å². The molecule has 0 aliphatic carbocycles. The van der Waals surface area contributed by atoms with Crippen LogP contribution >= 0.6 is 0 Å². The van der Waals surface area contributed by atoms with Crippen LogP contribution in [-0.2, 0) is 22.6 Å². The highest BCUT2D eigenvalue weighted by molar-refractivity contribution is 6.05. The molecule has 2 bridgehead atoms. The highest BCUT2D eigenvalue weighted by Crippen LogP contribution is 2.30. The highest BCUT2D eigenvalue weighted by Gasteiger charge is 2.39. The van der Waals surface area contributed by atoms with Gasteiger partial charge in [-0.15, -0.1) is 0 Å². The first-order valence-corrected chi connectivity index (χ1v) is 12.5. The summed E-state index contributed by atoms with van der Waals surface area (Å²) < 4.78 is 18.5. The summed E-state index contributed by atoms with van der Waals surface area (Å²) in [5, 5.41) is 8.83. The molecule has 2 fully saturated rings. The molecular weight excluding hydrogens is 444 g/mol. The zero-order valence-electron chi connectivity index (χ0n) is 20.5. The van der Waals surface area contributed by atoms with Crippen LogP contribution in [0.4, 0.5) is 0 Å². The van der Waals surface area contributed by atoms with Gasteiger partial charge in [0.2, 0.25) is 0 Å². The van der Waals surface area contributed by atoms with E-state index in [0.29, 0.717) is 38.7 Å². The largest absolute Gasteiger partial charge is 0.497 e. The topological polar surface area (TPSA) is 77.9 Å². The van der Waals surface area contributed by atoms with Gasteiger partial charge >= 0.3 is 0 Å². The van der Waals surface area contributed by atoms with Crippen LogP contribution in [0.3, 0.4) is 0 Å². The molecule has 0 spiro atoms. The summed E-state index contributed by atoms with van der Waals surface area (Å²) in [6.45, 7) is 6.07. The van der Waals surface area contributed by atoms with E-state index in [1.807, 2.05) is 48.0 Å². The number of nitrogens with one attached hydrogen (secondary N) is 1. The average Bonchev–Trinajstić information content (AvgIpc) is 3.24. The Balaban J connectivity index is 1.27. The summed E-state index contributed by atoms with van der Waals surface area (Å²) in [4.78, 5) is 15.9. The van der Waals surface area contributed by atoms with Crippen LogP contribution in [-0.4, -0.2) is 72.3 Å². The normalized spacial score (nSPS) is 22.3. The molecule has 8 nitrogen and oxygen atoms in total. The van der Waals surface area contributed by atoms with E-state index in [2.05, 4.69) is 27.4 Å². The third kappa shape index (κ3) is 5.19. The van der Waals surface area contributed by atoms with Gasteiger partial charge in [0.25, 0.3) is 5.91 Å². The summed E-state index contributed by atoms with van der Waals surface area (Å²) in [5.74, 6) is 0.760. The number of ether oxygens (including phenoxy) is 3. The number of amides is 1. The van der Waals surface area contributed by atoms with Crippen molar-refractivity contribution < 1.29 is 19.0 Å². The molecule has 1 aromatic heterocycles. The fourth-order valence-corrected chi connectivity index (χ4v) is 5.32. The molecule has 0 radical (unpaired) electrons. The zero-order valence-corrected chi connectivity index (χ0v) is 20.5. The van der Waals surface area contributed by atoms with Crippen LogP contribution in [0.15, 0.2) is 48.5 Å². The van der Waals surface area contributed by atoms with Crippen molar-refractivity contribution in [2.24, 2.45) is 0 Å². The predicted molar refractivity (Wildman–Crippen MR) is 134 cm³/mol. The van der Waals surface area contributed by atoms with Gasteiger partial charge in [0.1, 0.15) is 5.75 Å². The first kappa shape index (κ1) is 23.8. The second-order valence-corrected chi connectivity index (χ2v) is 9.29. The van der Waals surface area contributed by atoms with Gasteiger partial charge < -0.3 is 19.5 Å². The second-order valence-electron chi connectivity index (χ2n) is 9.29. The Morgan fingerprint density at radius 1 is 1.11 bits per heavy atom. The molecule has 35 heavy (non-hydrogen) atoms. The smallest absolute Gasteiger partial charge is 0.272 e. The van der Waals surface area contributed by atoms with Crippen molar-refractivity contribution in [3.05, 3.63) is 59.8 Å². The number of rotatable bonds is 9. The summed E-state index contributed by atoms with van der Waals surface area (Å²) >= 11 is 0. The number of aromatic nitrogens is 2. The van der Waals surface area contributed by atoms with Crippen LogP contribution in [0.1, 0.15) is 35.8 Å². The minimum Gasteiger partial charge on any atom is -0.497 e. The van der Waals surface area contributed by atoms with Crippen molar-refractivity contribution in [1.82, 2.24) is 20.0 Å². The molecule has 0 unspecified atom stereocenters. The van der Waals surface area contributed by atoms with Gasteiger partial charge in [-0.25, -0.2) is 0 Å². The molecular formula is C27H34N4O4. The van der Waals surface area contributed by atoms with Crippen molar-refractivity contribution in [3.63, 3.8) is 0 Å². The van der Waals surface area contributed by atoms with Crippen molar-refractivity contribution in [3.8, 4) is 5.75 Å². The first-order valence-electron chi connectivity index (χ1n) is 12.5. The lowest BCUT2D eigenvalue weighted by atomic mass is 9.89. The first-order chi connectivity index (χ1) is 17.2. The van der Waals surface area contributed by atoms with Gasteiger partial charge in [-0.3, -0.25) is 14.4 Å². The molecule has 8 heteroatoms.